The van der Waals surface area contributed by atoms with E-state index in [1.165, 1.54) is 24.8 Å². The zero-order valence-corrected chi connectivity index (χ0v) is 17.3. The third kappa shape index (κ3) is 4.51. The van der Waals surface area contributed by atoms with Gasteiger partial charge in [-0.2, -0.15) is 5.10 Å². The van der Waals surface area contributed by atoms with Crippen molar-refractivity contribution >= 4 is 11.6 Å². The molecule has 5 nitrogen and oxygen atoms in total. The Balaban J connectivity index is 1.60. The number of methoxy groups -OCH3 is 1. The summed E-state index contributed by atoms with van der Waals surface area (Å²) < 4.78 is 5.27. The van der Waals surface area contributed by atoms with Crippen LogP contribution in [0.1, 0.15) is 48.4 Å². The van der Waals surface area contributed by atoms with Crippen LogP contribution in [0.5, 0.6) is 5.75 Å². The monoisotopic (exact) mass is 391 g/mol. The van der Waals surface area contributed by atoms with Crippen LogP contribution in [0.3, 0.4) is 0 Å². The molecule has 1 amide bonds. The number of carbonyl (C=O) groups is 1. The maximum Gasteiger partial charge on any atom is 0.257 e. The molecule has 2 aromatic rings. The number of piperidine rings is 1. The Hall–Kier alpha value is -2.66. The number of ether oxygens (including phenoxy) is 1. The molecule has 0 N–H and O–H groups in total. The lowest BCUT2D eigenvalue weighted by atomic mass is 9.97. The summed E-state index contributed by atoms with van der Waals surface area (Å²) >= 11 is 0. The van der Waals surface area contributed by atoms with E-state index in [9.17, 15) is 4.79 Å². The summed E-state index contributed by atoms with van der Waals surface area (Å²) in [5.74, 6) is 0.905. The van der Waals surface area contributed by atoms with E-state index in [-0.39, 0.29) is 11.9 Å². The fourth-order valence-electron chi connectivity index (χ4n) is 4.22. The van der Waals surface area contributed by atoms with Gasteiger partial charge in [0.1, 0.15) is 5.75 Å². The summed E-state index contributed by atoms with van der Waals surface area (Å²) in [6, 6.07) is 16.3. The number of hydrogen-bond acceptors (Lipinski definition) is 4. The normalized spacial score (nSPS) is 19.9. The zero-order chi connectivity index (χ0) is 20.2. The molecule has 0 bridgehead atoms. The Bertz CT molecular complexity index is 885. The number of nitrogens with zero attached hydrogens (tertiary/aromatic N) is 3. The van der Waals surface area contributed by atoms with Crippen LogP contribution in [0.25, 0.3) is 0 Å². The van der Waals surface area contributed by atoms with E-state index in [1.807, 2.05) is 24.3 Å². The summed E-state index contributed by atoms with van der Waals surface area (Å²) in [5, 5.41) is 6.52. The average molecular weight is 392 g/mol. The van der Waals surface area contributed by atoms with E-state index in [4.69, 9.17) is 9.84 Å². The highest BCUT2D eigenvalue weighted by Crippen LogP contribution is 2.33. The molecule has 2 aliphatic heterocycles. The topological polar surface area (TPSA) is 45.1 Å². The van der Waals surface area contributed by atoms with Gasteiger partial charge in [0.2, 0.25) is 0 Å². The number of rotatable bonds is 5. The first-order valence-corrected chi connectivity index (χ1v) is 10.5. The molecule has 0 saturated carbocycles. The van der Waals surface area contributed by atoms with Gasteiger partial charge in [-0.15, -0.1) is 0 Å². The van der Waals surface area contributed by atoms with Crippen molar-refractivity contribution in [1.82, 2.24) is 9.91 Å². The highest BCUT2D eigenvalue weighted by molar-refractivity contribution is 6.03. The van der Waals surface area contributed by atoms with Gasteiger partial charge in [0, 0.05) is 6.42 Å². The fourth-order valence-corrected chi connectivity index (χ4v) is 4.22. The predicted octanol–water partition coefficient (Wildman–Crippen LogP) is 4.17. The number of likely N-dealkylation sites (tertiary alicyclic amines) is 1. The summed E-state index contributed by atoms with van der Waals surface area (Å²) in [4.78, 5) is 15.5. The van der Waals surface area contributed by atoms with Crippen LogP contribution in [0.2, 0.25) is 0 Å². The second-order valence-corrected chi connectivity index (χ2v) is 7.98. The van der Waals surface area contributed by atoms with Crippen LogP contribution in [-0.2, 0) is 4.79 Å². The summed E-state index contributed by atoms with van der Waals surface area (Å²) in [7, 11) is 1.66. The molecule has 2 heterocycles. The number of benzene rings is 2. The van der Waals surface area contributed by atoms with Crippen molar-refractivity contribution in [2.45, 2.75) is 38.6 Å². The average Bonchev–Trinajstić information content (AvgIpc) is 3.20. The molecule has 0 radical (unpaired) electrons. The summed E-state index contributed by atoms with van der Waals surface area (Å²) in [5.41, 5.74) is 4.33. The van der Waals surface area contributed by atoms with E-state index in [0.29, 0.717) is 6.54 Å². The number of amides is 1. The Morgan fingerprint density at radius 1 is 1.10 bits per heavy atom. The predicted molar refractivity (Wildman–Crippen MR) is 115 cm³/mol. The van der Waals surface area contributed by atoms with E-state index in [0.717, 1.165) is 42.1 Å². The minimum absolute atomic E-state index is 0.0516. The molecule has 0 aromatic heterocycles. The number of aryl methyl sites for hydroxylation is 1. The number of carbonyl (C=O) groups excluding carboxylic acids is 1. The van der Waals surface area contributed by atoms with Crippen molar-refractivity contribution in [3.63, 3.8) is 0 Å². The van der Waals surface area contributed by atoms with Crippen LogP contribution in [0.4, 0.5) is 0 Å². The standard InChI is InChI=1S/C24H29N3O2/c1-18-7-6-8-20(15-18)23-16-22(19-9-11-21(29-2)12-10-19)25-27(23)24(28)17-26-13-4-3-5-14-26/h6-12,15,23H,3-5,13-14,16-17H2,1-2H3. The van der Waals surface area contributed by atoms with Crippen molar-refractivity contribution in [3.05, 3.63) is 65.2 Å². The molecule has 1 atom stereocenters. The molecule has 29 heavy (non-hydrogen) atoms. The lowest BCUT2D eigenvalue weighted by Gasteiger charge is -2.29. The molecule has 4 rings (SSSR count). The van der Waals surface area contributed by atoms with Crippen LogP contribution < -0.4 is 4.74 Å². The Labute approximate surface area is 173 Å². The van der Waals surface area contributed by atoms with Gasteiger partial charge in [0.25, 0.3) is 5.91 Å². The summed E-state index contributed by atoms with van der Waals surface area (Å²) in [6.45, 7) is 4.54. The van der Waals surface area contributed by atoms with Gasteiger partial charge in [0.15, 0.2) is 0 Å². The highest BCUT2D eigenvalue weighted by atomic mass is 16.5. The molecule has 152 valence electrons. The molecule has 1 unspecified atom stereocenters. The quantitative estimate of drug-likeness (QED) is 0.769. The summed E-state index contributed by atoms with van der Waals surface area (Å²) in [6.07, 6.45) is 4.34. The van der Waals surface area contributed by atoms with Gasteiger partial charge in [-0.05, 0) is 68.2 Å². The molecular formula is C24H29N3O2. The Kier molecular flexibility index (Phi) is 5.95. The largest absolute Gasteiger partial charge is 0.497 e. The van der Waals surface area contributed by atoms with Gasteiger partial charge in [-0.25, -0.2) is 5.01 Å². The zero-order valence-electron chi connectivity index (χ0n) is 17.3. The van der Waals surface area contributed by atoms with Gasteiger partial charge < -0.3 is 4.74 Å². The minimum atomic E-state index is -0.0516. The van der Waals surface area contributed by atoms with Crippen molar-refractivity contribution in [3.8, 4) is 5.75 Å². The van der Waals surface area contributed by atoms with E-state index in [2.05, 4.69) is 36.1 Å². The second kappa shape index (κ2) is 8.78. The van der Waals surface area contributed by atoms with Crippen LogP contribution in [0, 0.1) is 6.92 Å². The smallest absolute Gasteiger partial charge is 0.257 e. The maximum absolute atomic E-state index is 13.2. The molecule has 2 aliphatic rings. The van der Waals surface area contributed by atoms with Crippen molar-refractivity contribution in [2.24, 2.45) is 5.10 Å². The minimum Gasteiger partial charge on any atom is -0.497 e. The van der Waals surface area contributed by atoms with Crippen molar-refractivity contribution in [2.75, 3.05) is 26.7 Å². The van der Waals surface area contributed by atoms with Gasteiger partial charge in [0.05, 0.1) is 25.4 Å². The SMILES string of the molecule is COc1ccc(C2=NN(C(=O)CN3CCCCC3)C(c3cccc(C)c3)C2)cc1. The molecule has 1 fully saturated rings. The van der Waals surface area contributed by atoms with Crippen molar-refractivity contribution in [1.29, 1.82) is 0 Å². The van der Waals surface area contributed by atoms with Crippen molar-refractivity contribution < 1.29 is 9.53 Å². The first-order chi connectivity index (χ1) is 14.1. The third-order valence-corrected chi connectivity index (χ3v) is 5.82. The Morgan fingerprint density at radius 3 is 2.55 bits per heavy atom. The van der Waals surface area contributed by atoms with Crippen LogP contribution in [-0.4, -0.2) is 48.3 Å². The van der Waals surface area contributed by atoms with Crippen LogP contribution in [0.15, 0.2) is 53.6 Å². The number of hydrogen-bond donors (Lipinski definition) is 0. The van der Waals surface area contributed by atoms with E-state index >= 15 is 0 Å². The van der Waals surface area contributed by atoms with Gasteiger partial charge in [-0.1, -0.05) is 36.2 Å². The molecular weight excluding hydrogens is 362 g/mol. The lowest BCUT2D eigenvalue weighted by Crippen LogP contribution is -2.40. The molecule has 2 aromatic carbocycles. The van der Waals surface area contributed by atoms with Gasteiger partial charge >= 0.3 is 0 Å². The highest BCUT2D eigenvalue weighted by Gasteiger charge is 2.33. The maximum atomic E-state index is 13.2. The Morgan fingerprint density at radius 2 is 1.86 bits per heavy atom. The molecule has 0 spiro atoms. The first-order valence-electron chi connectivity index (χ1n) is 10.5. The molecule has 5 heteroatoms. The number of hydrazone groups is 1. The third-order valence-electron chi connectivity index (χ3n) is 5.82. The molecule has 0 aliphatic carbocycles. The van der Waals surface area contributed by atoms with E-state index < -0.39 is 0 Å². The lowest BCUT2D eigenvalue weighted by molar-refractivity contribution is -0.134. The van der Waals surface area contributed by atoms with Crippen LogP contribution >= 0.6 is 0 Å². The molecule has 1 saturated heterocycles. The fraction of sp³-hybridized carbons (Fsp3) is 0.417. The van der Waals surface area contributed by atoms with Gasteiger partial charge in [-0.3, -0.25) is 9.69 Å². The first kappa shape index (κ1) is 19.6. The van der Waals surface area contributed by atoms with E-state index in [1.54, 1.807) is 12.1 Å². The second-order valence-electron chi connectivity index (χ2n) is 7.98.